The minimum atomic E-state index is -4.97. The van der Waals surface area contributed by atoms with E-state index in [9.17, 15) is 43.2 Å². The molecule has 2 unspecified atom stereocenters. The number of ether oxygens (including phenoxy) is 4. The van der Waals surface area contributed by atoms with Crippen molar-refractivity contribution in [1.29, 1.82) is 0 Å². The molecule has 0 radical (unpaired) electrons. The van der Waals surface area contributed by atoms with Gasteiger partial charge in [-0.25, -0.2) is 9.13 Å². The third-order valence-electron chi connectivity index (χ3n) is 20.4. The highest BCUT2D eigenvalue weighted by Gasteiger charge is 2.30. The van der Waals surface area contributed by atoms with E-state index in [2.05, 4.69) is 48.5 Å². The minimum absolute atomic E-state index is 0.108. The summed E-state index contributed by atoms with van der Waals surface area (Å²) in [7, 11) is -9.93. The molecular formula is C87H170O17P2. The van der Waals surface area contributed by atoms with Crippen LogP contribution < -0.4 is 0 Å². The standard InChI is InChI=1S/C87H170O17P2/c1-8-9-10-11-12-13-30-40-47-54-61-68-84(89)97-74-82(103-87(92)71-64-57-50-43-36-29-23-22-26-33-39-46-53-60-67-80(6)7)76-101-105(93,94)99-72-81(88)73-100-106(95,96)102-77-83(104-86(91)70-63-56-49-42-35-28-21-17-15-19-25-32-38-45-52-59-66-79(4)5)75-98-85(90)69-62-55-48-41-34-27-20-16-14-18-24-31-37-44-51-58-65-78(2)3/h78-83,88H,8-77H2,1-7H3,(H,93,94)(H,95,96)/t81-,82+,83+/m0/s1. The first-order valence-electron chi connectivity index (χ1n) is 44.8. The number of rotatable bonds is 85. The Hall–Kier alpha value is -1.94. The Morgan fingerprint density at radius 1 is 0.255 bits per heavy atom. The van der Waals surface area contributed by atoms with Crippen LogP contribution >= 0.6 is 15.6 Å². The summed E-state index contributed by atoms with van der Waals surface area (Å²) < 4.78 is 68.9. The first kappa shape index (κ1) is 104. The zero-order chi connectivity index (χ0) is 77.9. The van der Waals surface area contributed by atoms with Gasteiger partial charge in [0.05, 0.1) is 26.4 Å². The van der Waals surface area contributed by atoms with Crippen LogP contribution in [0.15, 0.2) is 0 Å². The molecule has 106 heavy (non-hydrogen) atoms. The van der Waals surface area contributed by atoms with Gasteiger partial charge in [-0.15, -0.1) is 0 Å². The van der Waals surface area contributed by atoms with Crippen molar-refractivity contribution in [2.24, 2.45) is 17.8 Å². The predicted octanol–water partition coefficient (Wildman–Crippen LogP) is 26.5. The molecule has 0 saturated carbocycles. The van der Waals surface area contributed by atoms with Crippen LogP contribution in [0.25, 0.3) is 0 Å². The van der Waals surface area contributed by atoms with Crippen LogP contribution in [0.3, 0.4) is 0 Å². The molecule has 5 atom stereocenters. The average Bonchev–Trinajstić information content (AvgIpc) is 0.900. The third kappa shape index (κ3) is 80.1. The van der Waals surface area contributed by atoms with Gasteiger partial charge >= 0.3 is 39.5 Å². The molecule has 0 rings (SSSR count). The second-order valence-electron chi connectivity index (χ2n) is 32.7. The zero-order valence-corrected chi connectivity index (χ0v) is 71.7. The molecule has 0 aromatic carbocycles. The van der Waals surface area contributed by atoms with E-state index in [-0.39, 0.29) is 25.7 Å². The van der Waals surface area contributed by atoms with Gasteiger partial charge in [0.15, 0.2) is 12.2 Å². The van der Waals surface area contributed by atoms with Gasteiger partial charge < -0.3 is 33.8 Å². The van der Waals surface area contributed by atoms with Crippen molar-refractivity contribution in [2.45, 2.75) is 478 Å². The lowest BCUT2D eigenvalue weighted by atomic mass is 10.0. The summed E-state index contributed by atoms with van der Waals surface area (Å²) >= 11 is 0. The lowest BCUT2D eigenvalue weighted by molar-refractivity contribution is -0.161. The number of esters is 4. The monoisotopic (exact) mass is 1550 g/mol. The normalized spacial score (nSPS) is 13.9. The molecule has 19 heteroatoms. The van der Waals surface area contributed by atoms with E-state index in [0.29, 0.717) is 25.7 Å². The second-order valence-corrected chi connectivity index (χ2v) is 35.6. The van der Waals surface area contributed by atoms with Crippen molar-refractivity contribution in [1.82, 2.24) is 0 Å². The molecular weight excluding hydrogens is 1380 g/mol. The average molecular weight is 1550 g/mol. The van der Waals surface area contributed by atoms with Crippen molar-refractivity contribution >= 4 is 39.5 Å². The lowest BCUT2D eigenvalue weighted by Gasteiger charge is -2.21. The zero-order valence-electron chi connectivity index (χ0n) is 69.9. The lowest BCUT2D eigenvalue weighted by Crippen LogP contribution is -2.30. The molecule has 0 spiro atoms. The minimum Gasteiger partial charge on any atom is -0.462 e. The SMILES string of the molecule is CCCCCCCCCCCCCC(=O)OC[C@H](COP(=O)(O)OC[C@H](O)COP(=O)(O)OC[C@@H](COC(=O)CCCCCCCCCCCCCCCCCCC(C)C)OC(=O)CCCCCCCCCCCCCCCCCCC(C)C)OC(=O)CCCCCCCCCCCCCCCCC(C)C. The van der Waals surface area contributed by atoms with Gasteiger partial charge in [-0.1, -0.05) is 408 Å². The highest BCUT2D eigenvalue weighted by atomic mass is 31.2. The summed E-state index contributed by atoms with van der Waals surface area (Å²) in [6, 6.07) is 0. The highest BCUT2D eigenvalue weighted by molar-refractivity contribution is 7.47. The molecule has 0 fully saturated rings. The van der Waals surface area contributed by atoms with Crippen molar-refractivity contribution in [3.8, 4) is 0 Å². The van der Waals surface area contributed by atoms with Crippen molar-refractivity contribution in [3.63, 3.8) is 0 Å². The number of aliphatic hydroxyl groups is 1. The molecule has 0 aromatic rings. The summed E-state index contributed by atoms with van der Waals surface area (Å²) in [5, 5.41) is 10.7. The number of hydrogen-bond donors (Lipinski definition) is 3. The number of unbranched alkanes of at least 4 members (excludes halogenated alkanes) is 53. The smallest absolute Gasteiger partial charge is 0.462 e. The van der Waals surface area contributed by atoms with Crippen molar-refractivity contribution < 1.29 is 80.2 Å². The Morgan fingerprint density at radius 2 is 0.434 bits per heavy atom. The molecule has 0 saturated heterocycles. The summed E-state index contributed by atoms with van der Waals surface area (Å²) in [6.07, 6.45) is 67.9. The van der Waals surface area contributed by atoms with Gasteiger partial charge in [0.2, 0.25) is 0 Å². The van der Waals surface area contributed by atoms with Crippen LogP contribution in [0.1, 0.15) is 459 Å². The van der Waals surface area contributed by atoms with Crippen LogP contribution in [0.2, 0.25) is 0 Å². The maximum Gasteiger partial charge on any atom is 0.472 e. The van der Waals surface area contributed by atoms with Gasteiger partial charge in [0.1, 0.15) is 19.3 Å². The van der Waals surface area contributed by atoms with Gasteiger partial charge in [-0.05, 0) is 43.4 Å². The third-order valence-corrected chi connectivity index (χ3v) is 22.3. The maximum absolute atomic E-state index is 13.2. The number of hydrogen-bond acceptors (Lipinski definition) is 15. The number of carbonyl (C=O) groups is 4. The summed E-state index contributed by atoms with van der Waals surface area (Å²) in [5.74, 6) is 0.316. The molecule has 0 heterocycles. The Labute approximate surface area is 651 Å². The molecule has 3 N–H and O–H groups in total. The summed E-state index contributed by atoms with van der Waals surface area (Å²) in [4.78, 5) is 73.3. The van der Waals surface area contributed by atoms with E-state index >= 15 is 0 Å². The largest absolute Gasteiger partial charge is 0.472 e. The summed E-state index contributed by atoms with van der Waals surface area (Å²) in [5.41, 5.74) is 0. The van der Waals surface area contributed by atoms with E-state index in [1.807, 2.05) is 0 Å². The van der Waals surface area contributed by atoms with Gasteiger partial charge in [-0.2, -0.15) is 0 Å². The number of phosphoric ester groups is 2. The fourth-order valence-electron chi connectivity index (χ4n) is 13.5. The maximum atomic E-state index is 13.2. The second kappa shape index (κ2) is 77.0. The summed E-state index contributed by atoms with van der Waals surface area (Å²) in [6.45, 7) is 12.1. The van der Waals surface area contributed by atoms with E-state index in [0.717, 1.165) is 108 Å². The quantitative estimate of drug-likeness (QED) is 0.0222. The van der Waals surface area contributed by atoms with Gasteiger partial charge in [0, 0.05) is 25.7 Å². The Balaban J connectivity index is 5.25. The van der Waals surface area contributed by atoms with Gasteiger partial charge in [0.25, 0.3) is 0 Å². The molecule has 0 aliphatic rings. The van der Waals surface area contributed by atoms with Gasteiger partial charge in [-0.3, -0.25) is 37.3 Å². The number of carbonyl (C=O) groups excluding carboxylic acids is 4. The molecule has 0 bridgehead atoms. The fourth-order valence-corrected chi connectivity index (χ4v) is 15.1. The molecule has 630 valence electrons. The van der Waals surface area contributed by atoms with E-state index < -0.39 is 97.5 Å². The Morgan fingerprint density at radius 3 is 0.642 bits per heavy atom. The molecule has 0 aliphatic carbocycles. The molecule has 0 aliphatic heterocycles. The van der Waals surface area contributed by atoms with Crippen LogP contribution in [0.5, 0.6) is 0 Å². The Bertz CT molecular complexity index is 2040. The van der Waals surface area contributed by atoms with Crippen LogP contribution in [0, 0.1) is 17.8 Å². The van der Waals surface area contributed by atoms with Crippen LogP contribution in [-0.4, -0.2) is 96.7 Å². The fraction of sp³-hybridized carbons (Fsp3) is 0.954. The van der Waals surface area contributed by atoms with Crippen molar-refractivity contribution in [3.05, 3.63) is 0 Å². The number of aliphatic hydroxyl groups excluding tert-OH is 1. The highest BCUT2D eigenvalue weighted by Crippen LogP contribution is 2.45. The first-order valence-corrected chi connectivity index (χ1v) is 47.8. The number of phosphoric acid groups is 2. The van der Waals surface area contributed by atoms with Crippen LogP contribution in [0.4, 0.5) is 0 Å². The van der Waals surface area contributed by atoms with Crippen LogP contribution in [-0.2, 0) is 65.4 Å². The van der Waals surface area contributed by atoms with Crippen molar-refractivity contribution in [2.75, 3.05) is 39.6 Å². The molecule has 0 aromatic heterocycles. The molecule has 0 amide bonds. The van der Waals surface area contributed by atoms with E-state index in [1.165, 1.54) is 270 Å². The Kier molecular flexibility index (Phi) is 75.6. The van der Waals surface area contributed by atoms with E-state index in [1.54, 1.807) is 0 Å². The first-order chi connectivity index (χ1) is 51.2. The van der Waals surface area contributed by atoms with E-state index in [4.69, 9.17) is 37.0 Å². The topological polar surface area (TPSA) is 237 Å². The predicted molar refractivity (Wildman–Crippen MR) is 437 cm³/mol. The molecule has 17 nitrogen and oxygen atoms in total.